The van der Waals surface area contributed by atoms with Crippen LogP contribution in [0.4, 0.5) is 0 Å². The molecule has 0 radical (unpaired) electrons. The highest BCUT2D eigenvalue weighted by atomic mass is 15.6. The molecule has 1 aliphatic carbocycles. The third-order valence-electron chi connectivity index (χ3n) is 4.56. The Morgan fingerprint density at radius 1 is 1.25 bits per heavy atom. The third kappa shape index (κ3) is 3.37. The molecule has 3 unspecified atom stereocenters. The first-order valence-corrected chi connectivity index (χ1v) is 8.16. The second-order valence-corrected chi connectivity index (χ2v) is 6.42. The van der Waals surface area contributed by atoms with Crippen LogP contribution in [0.5, 0.6) is 0 Å². The van der Waals surface area contributed by atoms with Crippen LogP contribution < -0.4 is 5.32 Å². The van der Waals surface area contributed by atoms with E-state index in [0.29, 0.717) is 17.9 Å². The molecule has 0 saturated heterocycles. The van der Waals surface area contributed by atoms with Crippen LogP contribution >= 0.6 is 0 Å². The fraction of sp³-hybridized carbons (Fsp3) is 0.933. The minimum atomic E-state index is 0.222. The molecule has 1 fully saturated rings. The summed E-state index contributed by atoms with van der Waals surface area (Å²) in [7, 11) is 0. The lowest BCUT2D eigenvalue weighted by Gasteiger charge is -2.35. The summed E-state index contributed by atoms with van der Waals surface area (Å²) in [4.78, 5) is 0. The molecule has 5 heteroatoms. The summed E-state index contributed by atoms with van der Waals surface area (Å²) < 4.78 is 2.11. The predicted molar refractivity (Wildman–Crippen MR) is 80.4 cm³/mol. The summed E-state index contributed by atoms with van der Waals surface area (Å²) in [5, 5.41) is 16.0. The minimum Gasteiger partial charge on any atom is -0.307 e. The Hall–Kier alpha value is -0.970. The number of nitrogens with one attached hydrogen (secondary N) is 1. The molecule has 1 aliphatic rings. The van der Waals surface area contributed by atoms with Gasteiger partial charge in [-0.15, -0.1) is 5.10 Å². The molecule has 20 heavy (non-hydrogen) atoms. The minimum absolute atomic E-state index is 0.222. The van der Waals surface area contributed by atoms with Crippen LogP contribution in [0.1, 0.15) is 77.7 Å². The van der Waals surface area contributed by atoms with E-state index in [-0.39, 0.29) is 6.04 Å². The first-order valence-electron chi connectivity index (χ1n) is 8.16. The molecule has 114 valence electrons. The Morgan fingerprint density at radius 2 is 2.00 bits per heavy atom. The molecule has 3 atom stereocenters. The van der Waals surface area contributed by atoms with Crippen LogP contribution in [0.25, 0.3) is 0 Å². The smallest absolute Gasteiger partial charge is 0.168 e. The second kappa shape index (κ2) is 7.16. The van der Waals surface area contributed by atoms with E-state index in [1.807, 2.05) is 0 Å². The zero-order chi connectivity index (χ0) is 14.5. The van der Waals surface area contributed by atoms with E-state index < -0.39 is 0 Å². The Bertz CT molecular complexity index is 401. The maximum atomic E-state index is 4.32. The molecule has 1 aromatic heterocycles. The number of hydrogen-bond donors (Lipinski definition) is 1. The van der Waals surface area contributed by atoms with Gasteiger partial charge in [-0.3, -0.25) is 0 Å². The zero-order valence-corrected chi connectivity index (χ0v) is 13.3. The number of hydrogen-bond acceptors (Lipinski definition) is 4. The molecule has 1 saturated carbocycles. The number of rotatable bonds is 6. The summed E-state index contributed by atoms with van der Waals surface area (Å²) in [6.45, 7) is 9.99. The van der Waals surface area contributed by atoms with Gasteiger partial charge in [0.05, 0.1) is 12.1 Å². The van der Waals surface area contributed by atoms with Crippen molar-refractivity contribution in [2.75, 3.05) is 6.54 Å². The fourth-order valence-electron chi connectivity index (χ4n) is 3.40. The van der Waals surface area contributed by atoms with Gasteiger partial charge in [-0.1, -0.05) is 33.6 Å². The summed E-state index contributed by atoms with van der Waals surface area (Å²) >= 11 is 0. The van der Waals surface area contributed by atoms with Gasteiger partial charge in [0.2, 0.25) is 0 Å². The van der Waals surface area contributed by atoms with E-state index in [4.69, 9.17) is 0 Å². The molecule has 2 rings (SSSR count). The van der Waals surface area contributed by atoms with Crippen molar-refractivity contribution in [3.05, 3.63) is 5.82 Å². The van der Waals surface area contributed by atoms with E-state index in [9.17, 15) is 0 Å². The normalized spacial score (nSPS) is 25.1. The van der Waals surface area contributed by atoms with Gasteiger partial charge in [0.25, 0.3) is 0 Å². The number of nitrogens with zero attached hydrogens (tertiary/aromatic N) is 4. The maximum Gasteiger partial charge on any atom is 0.168 e. The van der Waals surface area contributed by atoms with Crippen molar-refractivity contribution in [1.82, 2.24) is 25.5 Å². The molecule has 1 N–H and O–H groups in total. The second-order valence-electron chi connectivity index (χ2n) is 6.42. The summed E-state index contributed by atoms with van der Waals surface area (Å²) in [6, 6.07) is 0.694. The van der Waals surface area contributed by atoms with Crippen LogP contribution in [0.2, 0.25) is 0 Å². The lowest BCUT2D eigenvalue weighted by molar-refractivity contribution is 0.165. The largest absolute Gasteiger partial charge is 0.307 e. The molecule has 0 aliphatic heterocycles. The van der Waals surface area contributed by atoms with Gasteiger partial charge in [-0.05, 0) is 55.0 Å². The monoisotopic (exact) mass is 279 g/mol. The Balaban J connectivity index is 2.16. The molecular weight excluding hydrogens is 250 g/mol. The topological polar surface area (TPSA) is 55.6 Å². The van der Waals surface area contributed by atoms with Crippen molar-refractivity contribution >= 4 is 0 Å². The quantitative estimate of drug-likeness (QED) is 0.869. The van der Waals surface area contributed by atoms with Crippen molar-refractivity contribution < 1.29 is 0 Å². The van der Waals surface area contributed by atoms with Crippen LogP contribution in [-0.4, -0.2) is 26.8 Å². The lowest BCUT2D eigenvalue weighted by atomic mass is 9.78. The van der Waals surface area contributed by atoms with Gasteiger partial charge in [0.15, 0.2) is 5.82 Å². The molecule has 5 nitrogen and oxygen atoms in total. The molecule has 0 amide bonds. The summed E-state index contributed by atoms with van der Waals surface area (Å²) in [5.74, 6) is 2.39. The molecular formula is C15H29N5. The fourth-order valence-corrected chi connectivity index (χ4v) is 3.40. The first kappa shape index (κ1) is 15.4. The van der Waals surface area contributed by atoms with Crippen LogP contribution in [0, 0.1) is 11.8 Å². The van der Waals surface area contributed by atoms with E-state index in [1.54, 1.807) is 0 Å². The SMILES string of the molecule is CCCNC(C)c1nnnn1C1CCCCC1C(C)C. The predicted octanol–water partition coefficient (Wildman–Crippen LogP) is 3.12. The molecule has 1 heterocycles. The van der Waals surface area contributed by atoms with Crippen LogP contribution in [-0.2, 0) is 0 Å². The van der Waals surface area contributed by atoms with Crippen molar-refractivity contribution in [2.24, 2.45) is 11.8 Å². The first-order chi connectivity index (χ1) is 9.65. The van der Waals surface area contributed by atoms with E-state index in [1.165, 1.54) is 25.7 Å². The van der Waals surface area contributed by atoms with Gasteiger partial charge in [0.1, 0.15) is 0 Å². The molecule has 1 aromatic rings. The van der Waals surface area contributed by atoms with Crippen molar-refractivity contribution in [3.8, 4) is 0 Å². The average molecular weight is 279 g/mol. The molecule has 0 spiro atoms. The lowest BCUT2D eigenvalue weighted by Crippen LogP contribution is -2.31. The number of aromatic nitrogens is 4. The average Bonchev–Trinajstić information content (AvgIpc) is 2.94. The highest BCUT2D eigenvalue weighted by molar-refractivity contribution is 4.94. The highest BCUT2D eigenvalue weighted by Gasteiger charge is 2.32. The van der Waals surface area contributed by atoms with Gasteiger partial charge < -0.3 is 5.32 Å². The summed E-state index contributed by atoms with van der Waals surface area (Å²) in [5.41, 5.74) is 0. The van der Waals surface area contributed by atoms with Gasteiger partial charge in [-0.25, -0.2) is 4.68 Å². The van der Waals surface area contributed by atoms with Crippen LogP contribution in [0.15, 0.2) is 0 Å². The maximum absolute atomic E-state index is 4.32. The molecule has 0 aromatic carbocycles. The van der Waals surface area contributed by atoms with Gasteiger partial charge in [0, 0.05) is 0 Å². The van der Waals surface area contributed by atoms with E-state index in [2.05, 4.69) is 53.2 Å². The number of tetrazole rings is 1. The van der Waals surface area contributed by atoms with E-state index >= 15 is 0 Å². The van der Waals surface area contributed by atoms with Crippen LogP contribution in [0.3, 0.4) is 0 Å². The Morgan fingerprint density at radius 3 is 2.70 bits per heavy atom. The third-order valence-corrected chi connectivity index (χ3v) is 4.56. The van der Waals surface area contributed by atoms with Gasteiger partial charge >= 0.3 is 0 Å². The van der Waals surface area contributed by atoms with Gasteiger partial charge in [-0.2, -0.15) is 0 Å². The van der Waals surface area contributed by atoms with Crippen molar-refractivity contribution in [1.29, 1.82) is 0 Å². The van der Waals surface area contributed by atoms with Crippen molar-refractivity contribution in [2.45, 2.75) is 71.9 Å². The van der Waals surface area contributed by atoms with Crippen molar-refractivity contribution in [3.63, 3.8) is 0 Å². The Kier molecular flexibility index (Phi) is 5.52. The zero-order valence-electron chi connectivity index (χ0n) is 13.3. The highest BCUT2D eigenvalue weighted by Crippen LogP contribution is 2.38. The van der Waals surface area contributed by atoms with E-state index in [0.717, 1.165) is 18.8 Å². The standard InChI is InChI=1S/C15H29N5/c1-5-10-16-12(4)15-17-18-19-20(15)14-9-7-6-8-13(14)11(2)3/h11-14,16H,5-10H2,1-4H3. The summed E-state index contributed by atoms with van der Waals surface area (Å²) in [6.07, 6.45) is 6.29. The molecule has 0 bridgehead atoms. The Labute approximate surface area is 122 Å².